The summed E-state index contributed by atoms with van der Waals surface area (Å²) in [4.78, 5) is 52.2. The van der Waals surface area contributed by atoms with Gasteiger partial charge in [-0.1, -0.05) is 27.7 Å². The number of ether oxygens (including phenoxy) is 6. The number of esters is 3. The van der Waals surface area contributed by atoms with E-state index in [2.05, 4.69) is 0 Å². The fraction of sp³-hybridized carbons (Fsp3) is 0.818. The summed E-state index contributed by atoms with van der Waals surface area (Å²) in [7, 11) is 0. The highest BCUT2D eigenvalue weighted by molar-refractivity contribution is 5.93. The van der Waals surface area contributed by atoms with Crippen LogP contribution in [0.5, 0.6) is 0 Å². The predicted octanol–water partition coefficient (Wildman–Crippen LogP) is 0.0587. The van der Waals surface area contributed by atoms with Crippen LogP contribution >= 0.6 is 0 Å². The third-order valence-corrected chi connectivity index (χ3v) is 9.74. The van der Waals surface area contributed by atoms with Gasteiger partial charge in [0.05, 0.1) is 17.3 Å². The number of rotatable bonds is 0. The molecule has 0 aromatic heterocycles. The summed E-state index contributed by atoms with van der Waals surface area (Å²) in [5, 5.41) is 12.2. The Balaban J connectivity index is 1.65. The third-order valence-electron chi connectivity index (χ3n) is 9.74. The Kier molecular flexibility index (Phi) is 3.03. The Bertz CT molecular complexity index is 1080. The highest BCUT2D eigenvalue weighted by Crippen LogP contribution is 2.86. The van der Waals surface area contributed by atoms with Gasteiger partial charge in [-0.2, -0.15) is 0 Å². The maximum Gasteiger partial charge on any atom is 0.509 e. The van der Waals surface area contributed by atoms with Crippen molar-refractivity contribution in [3.63, 3.8) is 0 Å². The molecule has 5 aliphatic heterocycles. The molecule has 7 aliphatic rings. The van der Waals surface area contributed by atoms with E-state index in [4.69, 9.17) is 28.4 Å². The summed E-state index contributed by atoms with van der Waals surface area (Å²) in [5.41, 5.74) is -7.86. The van der Waals surface area contributed by atoms with Gasteiger partial charge < -0.3 is 33.5 Å². The minimum Gasteiger partial charge on any atom is -0.456 e. The van der Waals surface area contributed by atoms with Crippen molar-refractivity contribution in [3.05, 3.63) is 0 Å². The number of carbonyl (C=O) groups excluding carboxylic acids is 4. The van der Waals surface area contributed by atoms with E-state index in [0.717, 1.165) is 0 Å². The maximum atomic E-state index is 13.9. The first kappa shape index (κ1) is 20.0. The Hall–Kier alpha value is -2.40. The molecule has 2 bridgehead atoms. The minimum atomic E-state index is -2.24. The predicted molar refractivity (Wildman–Crippen MR) is 99.7 cm³/mol. The molecule has 2 spiro atoms. The van der Waals surface area contributed by atoms with Gasteiger partial charge in [-0.25, -0.2) is 9.59 Å². The average Bonchev–Trinajstić information content (AvgIpc) is 3.32. The second kappa shape index (κ2) is 5.00. The molecule has 2 saturated carbocycles. The largest absolute Gasteiger partial charge is 0.509 e. The SMILES string of the molecule is C[C@@H]1C(=O)O[C@H]2[C@@H]3OC(=O)OC4[C@@H]5OC(=O)[C@@]6(OC7OC(=O)[C@H](C)C7([C@@H]5C(C)(C)C)C436)[C@@]12O. The van der Waals surface area contributed by atoms with Crippen molar-refractivity contribution >= 4 is 24.1 Å². The summed E-state index contributed by atoms with van der Waals surface area (Å²) in [6, 6.07) is 0. The van der Waals surface area contributed by atoms with Gasteiger partial charge in [-0.05, 0) is 12.3 Å². The van der Waals surface area contributed by atoms with Crippen LogP contribution in [0, 0.1) is 34.0 Å². The second-order valence-corrected chi connectivity index (χ2v) is 11.5. The highest BCUT2D eigenvalue weighted by Gasteiger charge is 3.06. The van der Waals surface area contributed by atoms with Gasteiger partial charge in [0, 0.05) is 5.92 Å². The molecule has 1 N–H and O–H groups in total. The van der Waals surface area contributed by atoms with E-state index in [1.807, 2.05) is 20.8 Å². The Labute approximate surface area is 187 Å². The molecule has 33 heavy (non-hydrogen) atoms. The van der Waals surface area contributed by atoms with Crippen LogP contribution in [-0.4, -0.2) is 71.1 Å². The van der Waals surface area contributed by atoms with Crippen LogP contribution in [-0.2, 0) is 42.8 Å². The topological polar surface area (TPSA) is 144 Å². The van der Waals surface area contributed by atoms with Gasteiger partial charge in [0.1, 0.15) is 11.5 Å². The van der Waals surface area contributed by atoms with Gasteiger partial charge in [-0.3, -0.25) is 9.59 Å². The molecule has 7 fully saturated rings. The normalized spacial score (nSPS) is 59.2. The standard InChI is InChI=1S/C22H24O11/c1-6-13(23)32-16-19(6)9(18(3,4)5)8-10-20(19)11(31-17(26)30-10)12-21(27,7(2)14(24)29-12)22(20,33-16)15(25)28-8/h6-12,16,27H,1-5H3/t6-,7+,8+,9-,10?,11-,12-,16?,19?,20?,21+,22-/m0/s1. The lowest BCUT2D eigenvalue weighted by molar-refractivity contribution is -0.287. The fourth-order valence-corrected chi connectivity index (χ4v) is 9.06. The van der Waals surface area contributed by atoms with Gasteiger partial charge in [-0.15, -0.1) is 0 Å². The molecule has 11 nitrogen and oxygen atoms in total. The maximum absolute atomic E-state index is 13.9. The van der Waals surface area contributed by atoms with Crippen LogP contribution < -0.4 is 0 Å². The monoisotopic (exact) mass is 464 g/mol. The summed E-state index contributed by atoms with van der Waals surface area (Å²) in [5.74, 6) is -4.77. The van der Waals surface area contributed by atoms with Crippen molar-refractivity contribution in [2.45, 2.75) is 76.5 Å². The molecule has 4 unspecified atom stereocenters. The number of hydrogen-bond donors (Lipinski definition) is 1. The van der Waals surface area contributed by atoms with Crippen LogP contribution in [0.1, 0.15) is 34.6 Å². The first-order chi connectivity index (χ1) is 15.3. The van der Waals surface area contributed by atoms with Crippen LogP contribution in [0.15, 0.2) is 0 Å². The van der Waals surface area contributed by atoms with E-state index in [-0.39, 0.29) is 0 Å². The summed E-state index contributed by atoms with van der Waals surface area (Å²) in [6.07, 6.45) is -6.99. The van der Waals surface area contributed by atoms with E-state index in [0.29, 0.717) is 0 Å². The highest BCUT2D eigenvalue weighted by atomic mass is 16.8. The number of fused-ring (bicyclic) bond motifs is 2. The van der Waals surface area contributed by atoms with E-state index in [9.17, 15) is 24.3 Å². The molecule has 5 saturated heterocycles. The third kappa shape index (κ3) is 1.48. The zero-order valence-corrected chi connectivity index (χ0v) is 18.6. The number of aliphatic hydroxyl groups is 1. The molecule has 7 rings (SSSR count). The van der Waals surface area contributed by atoms with E-state index < -0.39 is 100.0 Å². The molecule has 2 aliphatic carbocycles. The van der Waals surface area contributed by atoms with Crippen LogP contribution in [0.2, 0.25) is 0 Å². The van der Waals surface area contributed by atoms with E-state index >= 15 is 0 Å². The van der Waals surface area contributed by atoms with Gasteiger partial charge >= 0.3 is 24.1 Å². The molecule has 12 atom stereocenters. The number of hydrogen-bond acceptors (Lipinski definition) is 11. The lowest BCUT2D eigenvalue weighted by Crippen LogP contribution is -2.75. The van der Waals surface area contributed by atoms with Crippen LogP contribution in [0.4, 0.5) is 4.79 Å². The molecule has 11 heteroatoms. The summed E-state index contributed by atoms with van der Waals surface area (Å²) < 4.78 is 34.9. The summed E-state index contributed by atoms with van der Waals surface area (Å²) in [6.45, 7) is 8.92. The Morgan fingerprint density at radius 3 is 2.12 bits per heavy atom. The molecule has 0 aromatic carbocycles. The van der Waals surface area contributed by atoms with Crippen molar-refractivity contribution in [2.24, 2.45) is 34.0 Å². The zero-order valence-electron chi connectivity index (χ0n) is 18.6. The number of carbonyl (C=O) groups is 4. The van der Waals surface area contributed by atoms with Gasteiger partial charge in [0.15, 0.2) is 23.9 Å². The first-order valence-corrected chi connectivity index (χ1v) is 11.2. The van der Waals surface area contributed by atoms with Gasteiger partial charge in [0.2, 0.25) is 11.9 Å². The lowest BCUT2D eigenvalue weighted by Gasteiger charge is -2.53. The van der Waals surface area contributed by atoms with Crippen molar-refractivity contribution in [1.29, 1.82) is 0 Å². The summed E-state index contributed by atoms with van der Waals surface area (Å²) >= 11 is 0. The molecule has 178 valence electrons. The molecule has 5 heterocycles. The van der Waals surface area contributed by atoms with Gasteiger partial charge in [0.25, 0.3) is 0 Å². The van der Waals surface area contributed by atoms with Crippen LogP contribution in [0.25, 0.3) is 0 Å². The fourth-order valence-electron chi connectivity index (χ4n) is 9.06. The smallest absolute Gasteiger partial charge is 0.456 e. The first-order valence-electron chi connectivity index (χ1n) is 11.2. The molecular formula is C22H24O11. The van der Waals surface area contributed by atoms with Crippen LogP contribution in [0.3, 0.4) is 0 Å². The van der Waals surface area contributed by atoms with Crippen molar-refractivity contribution < 1.29 is 52.7 Å². The lowest BCUT2D eigenvalue weighted by atomic mass is 9.48. The Morgan fingerprint density at radius 2 is 1.45 bits per heavy atom. The Morgan fingerprint density at radius 1 is 0.818 bits per heavy atom. The molecule has 0 radical (unpaired) electrons. The van der Waals surface area contributed by atoms with E-state index in [1.165, 1.54) is 6.92 Å². The van der Waals surface area contributed by atoms with E-state index in [1.54, 1.807) is 6.92 Å². The minimum absolute atomic E-state index is 0.532. The average molecular weight is 464 g/mol. The zero-order chi connectivity index (χ0) is 23.7. The molecular weight excluding hydrogens is 440 g/mol. The van der Waals surface area contributed by atoms with Crippen molar-refractivity contribution in [2.75, 3.05) is 0 Å². The quantitative estimate of drug-likeness (QED) is 0.384. The van der Waals surface area contributed by atoms with Crippen molar-refractivity contribution in [3.8, 4) is 0 Å². The van der Waals surface area contributed by atoms with Crippen molar-refractivity contribution in [1.82, 2.24) is 0 Å². The second-order valence-electron chi connectivity index (χ2n) is 11.5. The molecule has 0 amide bonds. The molecule has 0 aromatic rings.